The van der Waals surface area contributed by atoms with Crippen LogP contribution in [0.3, 0.4) is 0 Å². The molecule has 110 valence electrons. The molecule has 19 heavy (non-hydrogen) atoms. The molecule has 1 aliphatic rings. The molecule has 1 saturated heterocycles. The monoisotopic (exact) mass is 290 g/mol. The Bertz CT molecular complexity index is 336. The number of thioether (sulfide) groups is 1. The standard InChI is InChI=1S/C12H22N2O4S/c1-12(2)8-14(5-9(6-15)18-12)11(17)3-4-19-7-10(13)16/h9,15H,3-8H2,1-2H3,(H2,13,16). The fraction of sp³-hybridized carbons (Fsp3) is 0.833. The lowest BCUT2D eigenvalue weighted by atomic mass is 10.1. The molecule has 0 bridgehead atoms. The van der Waals surface area contributed by atoms with Crippen molar-refractivity contribution < 1.29 is 19.4 Å². The number of aliphatic hydroxyl groups excluding tert-OH is 1. The third kappa shape index (κ3) is 5.80. The molecule has 3 N–H and O–H groups in total. The van der Waals surface area contributed by atoms with Gasteiger partial charge < -0.3 is 20.5 Å². The van der Waals surface area contributed by atoms with Gasteiger partial charge in [-0.3, -0.25) is 9.59 Å². The van der Waals surface area contributed by atoms with Crippen LogP contribution in [0.15, 0.2) is 0 Å². The van der Waals surface area contributed by atoms with E-state index in [1.54, 1.807) is 4.90 Å². The highest BCUT2D eigenvalue weighted by atomic mass is 32.2. The van der Waals surface area contributed by atoms with E-state index in [2.05, 4.69) is 0 Å². The average molecular weight is 290 g/mol. The molecular weight excluding hydrogens is 268 g/mol. The second-order valence-electron chi connectivity index (χ2n) is 5.23. The summed E-state index contributed by atoms with van der Waals surface area (Å²) in [4.78, 5) is 24.3. The molecule has 7 heteroatoms. The molecular formula is C12H22N2O4S. The van der Waals surface area contributed by atoms with E-state index in [1.807, 2.05) is 13.8 Å². The Morgan fingerprint density at radius 1 is 1.53 bits per heavy atom. The van der Waals surface area contributed by atoms with Crippen LogP contribution in [0, 0.1) is 0 Å². The van der Waals surface area contributed by atoms with Crippen LogP contribution in [-0.4, -0.2) is 64.7 Å². The topological polar surface area (TPSA) is 92.9 Å². The number of ether oxygens (including phenoxy) is 1. The van der Waals surface area contributed by atoms with E-state index in [4.69, 9.17) is 10.5 Å². The van der Waals surface area contributed by atoms with E-state index >= 15 is 0 Å². The van der Waals surface area contributed by atoms with E-state index in [9.17, 15) is 14.7 Å². The number of morpholine rings is 1. The second-order valence-corrected chi connectivity index (χ2v) is 6.33. The van der Waals surface area contributed by atoms with Crippen molar-refractivity contribution in [2.75, 3.05) is 31.2 Å². The normalized spacial score (nSPS) is 22.3. The van der Waals surface area contributed by atoms with Gasteiger partial charge >= 0.3 is 0 Å². The van der Waals surface area contributed by atoms with Crippen LogP contribution in [0.25, 0.3) is 0 Å². The molecule has 1 fully saturated rings. The van der Waals surface area contributed by atoms with Crippen LogP contribution in [0.4, 0.5) is 0 Å². The zero-order chi connectivity index (χ0) is 14.5. The molecule has 1 rings (SSSR count). The molecule has 1 heterocycles. The first kappa shape index (κ1) is 16.3. The molecule has 0 aliphatic carbocycles. The Hall–Kier alpha value is -0.790. The summed E-state index contributed by atoms with van der Waals surface area (Å²) >= 11 is 1.36. The Morgan fingerprint density at radius 3 is 2.79 bits per heavy atom. The number of hydrogen-bond donors (Lipinski definition) is 2. The summed E-state index contributed by atoms with van der Waals surface area (Å²) in [5.41, 5.74) is 4.58. The Kier molecular flexibility index (Phi) is 6.09. The molecule has 6 nitrogen and oxygen atoms in total. The average Bonchev–Trinajstić information content (AvgIpc) is 2.32. The number of amides is 2. The van der Waals surface area contributed by atoms with E-state index in [0.29, 0.717) is 25.3 Å². The fourth-order valence-corrected chi connectivity index (χ4v) is 2.74. The first-order valence-corrected chi connectivity index (χ1v) is 7.42. The minimum absolute atomic E-state index is 0.0202. The summed E-state index contributed by atoms with van der Waals surface area (Å²) in [5.74, 6) is 0.460. The van der Waals surface area contributed by atoms with E-state index < -0.39 is 5.60 Å². The first-order chi connectivity index (χ1) is 8.84. The van der Waals surface area contributed by atoms with Crippen LogP contribution < -0.4 is 5.73 Å². The number of aliphatic hydroxyl groups is 1. The van der Waals surface area contributed by atoms with Crippen LogP contribution in [-0.2, 0) is 14.3 Å². The lowest BCUT2D eigenvalue weighted by Gasteiger charge is -2.42. The van der Waals surface area contributed by atoms with Crippen molar-refractivity contribution >= 4 is 23.6 Å². The minimum atomic E-state index is -0.443. The number of nitrogens with two attached hydrogens (primary N) is 1. The van der Waals surface area contributed by atoms with Crippen molar-refractivity contribution in [2.45, 2.75) is 32.0 Å². The van der Waals surface area contributed by atoms with Gasteiger partial charge in [0.1, 0.15) is 0 Å². The quantitative estimate of drug-likeness (QED) is 0.649. The number of primary amides is 1. The van der Waals surface area contributed by atoms with Crippen molar-refractivity contribution in [1.29, 1.82) is 0 Å². The summed E-state index contributed by atoms with van der Waals surface area (Å²) in [6, 6.07) is 0. The zero-order valence-electron chi connectivity index (χ0n) is 11.4. The third-order valence-corrected chi connectivity index (χ3v) is 3.72. The van der Waals surface area contributed by atoms with Crippen molar-refractivity contribution in [2.24, 2.45) is 5.73 Å². The summed E-state index contributed by atoms with van der Waals surface area (Å²) in [6.45, 7) is 4.64. The smallest absolute Gasteiger partial charge is 0.227 e. The van der Waals surface area contributed by atoms with E-state index in [1.165, 1.54) is 11.8 Å². The van der Waals surface area contributed by atoms with Gasteiger partial charge in [0.2, 0.25) is 11.8 Å². The number of rotatable bonds is 6. The fourth-order valence-electron chi connectivity index (χ4n) is 2.07. The van der Waals surface area contributed by atoms with E-state index in [-0.39, 0.29) is 30.3 Å². The SMILES string of the molecule is CC1(C)CN(C(=O)CCSCC(N)=O)CC(CO)O1. The molecule has 1 aliphatic heterocycles. The van der Waals surface area contributed by atoms with Gasteiger partial charge in [0.05, 0.1) is 24.1 Å². The van der Waals surface area contributed by atoms with Crippen molar-refractivity contribution in [3.05, 3.63) is 0 Å². The number of nitrogens with zero attached hydrogens (tertiary/aromatic N) is 1. The van der Waals surface area contributed by atoms with Gasteiger partial charge in [-0.05, 0) is 13.8 Å². The highest BCUT2D eigenvalue weighted by molar-refractivity contribution is 7.99. The third-order valence-electron chi connectivity index (χ3n) is 2.74. The first-order valence-electron chi connectivity index (χ1n) is 6.26. The molecule has 0 spiro atoms. The van der Waals surface area contributed by atoms with Crippen molar-refractivity contribution in [3.63, 3.8) is 0 Å². The van der Waals surface area contributed by atoms with Crippen LogP contribution in [0.5, 0.6) is 0 Å². The van der Waals surface area contributed by atoms with Gasteiger partial charge in [-0.15, -0.1) is 0 Å². The van der Waals surface area contributed by atoms with Gasteiger partial charge in [0.25, 0.3) is 0 Å². The highest BCUT2D eigenvalue weighted by Crippen LogP contribution is 2.21. The number of carbonyl (C=O) groups excluding carboxylic acids is 2. The molecule has 0 aromatic heterocycles. The summed E-state index contributed by atoms with van der Waals surface area (Å²) in [6.07, 6.45) is 0.0394. The summed E-state index contributed by atoms with van der Waals surface area (Å²) < 4.78 is 5.65. The number of hydrogen-bond acceptors (Lipinski definition) is 5. The summed E-state index contributed by atoms with van der Waals surface area (Å²) in [7, 11) is 0. The predicted molar refractivity (Wildman–Crippen MR) is 73.8 cm³/mol. The lowest BCUT2D eigenvalue weighted by molar-refractivity contribution is -0.166. The summed E-state index contributed by atoms with van der Waals surface area (Å²) in [5, 5.41) is 9.18. The lowest BCUT2D eigenvalue weighted by Crippen LogP contribution is -2.55. The molecule has 0 aromatic rings. The number of carbonyl (C=O) groups is 2. The predicted octanol–water partition coefficient (Wildman–Crippen LogP) is -0.407. The van der Waals surface area contributed by atoms with Gasteiger partial charge in [0, 0.05) is 25.3 Å². The Balaban J connectivity index is 2.40. The minimum Gasteiger partial charge on any atom is -0.394 e. The van der Waals surface area contributed by atoms with Gasteiger partial charge in [-0.1, -0.05) is 0 Å². The van der Waals surface area contributed by atoms with Crippen molar-refractivity contribution in [3.8, 4) is 0 Å². The Morgan fingerprint density at radius 2 is 2.21 bits per heavy atom. The highest BCUT2D eigenvalue weighted by Gasteiger charge is 2.34. The second kappa shape index (κ2) is 7.12. The van der Waals surface area contributed by atoms with Crippen molar-refractivity contribution in [1.82, 2.24) is 4.90 Å². The molecule has 2 amide bonds. The maximum absolute atomic E-state index is 12.1. The molecule has 0 saturated carbocycles. The van der Waals surface area contributed by atoms with Crippen LogP contribution in [0.2, 0.25) is 0 Å². The zero-order valence-corrected chi connectivity index (χ0v) is 12.2. The molecule has 1 unspecified atom stereocenters. The maximum Gasteiger partial charge on any atom is 0.227 e. The van der Waals surface area contributed by atoms with Gasteiger partial charge in [-0.2, -0.15) is 11.8 Å². The van der Waals surface area contributed by atoms with Crippen LogP contribution in [0.1, 0.15) is 20.3 Å². The molecule has 0 radical (unpaired) electrons. The molecule has 0 aromatic carbocycles. The Labute approximate surface area is 117 Å². The van der Waals surface area contributed by atoms with Gasteiger partial charge in [-0.25, -0.2) is 0 Å². The van der Waals surface area contributed by atoms with Gasteiger partial charge in [0.15, 0.2) is 0 Å². The van der Waals surface area contributed by atoms with E-state index in [0.717, 1.165) is 0 Å². The van der Waals surface area contributed by atoms with Crippen LogP contribution >= 0.6 is 11.8 Å². The maximum atomic E-state index is 12.1. The molecule has 1 atom stereocenters. The largest absolute Gasteiger partial charge is 0.394 e.